The second-order valence-corrected chi connectivity index (χ2v) is 18.4. The number of carboxylic acids is 1. The number of aromatic nitrogens is 2. The molecule has 0 radical (unpaired) electrons. The van der Waals surface area contributed by atoms with E-state index in [1.54, 1.807) is 0 Å². The number of alkyl halides is 3. The molecule has 2 N–H and O–H groups in total. The molecule has 4 aromatic rings. The molecule has 2 aromatic carbocycles. The van der Waals surface area contributed by atoms with Gasteiger partial charge >= 0.3 is 12.1 Å². The number of fused-ring (bicyclic) bond motifs is 1. The highest BCUT2D eigenvalue weighted by atomic mass is 35.5. The van der Waals surface area contributed by atoms with Gasteiger partial charge in [0.1, 0.15) is 5.00 Å². The van der Waals surface area contributed by atoms with Crippen molar-refractivity contribution in [3.8, 4) is 5.69 Å². The Balaban J connectivity index is 1.44. The summed E-state index contributed by atoms with van der Waals surface area (Å²) in [6.45, 7) is 7.84. The molecule has 2 heterocycles. The monoisotopic (exact) mass is 863 g/mol. The number of anilines is 1. The summed E-state index contributed by atoms with van der Waals surface area (Å²) in [5, 5.41) is 15.7. The number of thiophene rings is 1. The number of sulfonamides is 1. The predicted molar refractivity (Wildman–Crippen MR) is 214 cm³/mol. The Hall–Kier alpha value is -4.58. The molecule has 18 heteroatoms. The van der Waals surface area contributed by atoms with E-state index in [1.807, 2.05) is 13.8 Å². The van der Waals surface area contributed by atoms with E-state index in [0.717, 1.165) is 33.7 Å². The summed E-state index contributed by atoms with van der Waals surface area (Å²) in [7, 11) is -2.74. The normalized spacial score (nSPS) is 14.1. The maximum atomic E-state index is 14.3. The van der Waals surface area contributed by atoms with Crippen molar-refractivity contribution in [3.63, 3.8) is 0 Å². The maximum Gasteiger partial charge on any atom is 0.417 e. The van der Waals surface area contributed by atoms with Crippen molar-refractivity contribution in [2.24, 2.45) is 5.41 Å². The summed E-state index contributed by atoms with van der Waals surface area (Å²) < 4.78 is 71.6. The fourth-order valence-electron chi connectivity index (χ4n) is 6.91. The second kappa shape index (κ2) is 17.7. The molecule has 12 nitrogen and oxygen atoms in total. The Bertz CT molecular complexity index is 2320. The molecule has 0 bridgehead atoms. The number of nitrogens with zero attached hydrogens (tertiary/aromatic N) is 4. The number of hydrogen-bond donors (Lipinski definition) is 2. The number of ketones is 1. The van der Waals surface area contributed by atoms with Crippen LogP contribution in [-0.2, 0) is 38.6 Å². The molecule has 5 rings (SSSR count). The highest BCUT2D eigenvalue weighted by Crippen LogP contribution is 2.45. The van der Waals surface area contributed by atoms with Crippen LogP contribution in [0, 0.1) is 5.41 Å². The smallest absolute Gasteiger partial charge is 0.417 e. The molecule has 0 spiro atoms. The lowest BCUT2D eigenvalue weighted by Crippen LogP contribution is -2.44. The van der Waals surface area contributed by atoms with Gasteiger partial charge in [0.15, 0.2) is 5.78 Å². The topological polar surface area (TPSA) is 159 Å². The lowest BCUT2D eigenvalue weighted by molar-refractivity contribution is -0.140. The van der Waals surface area contributed by atoms with Gasteiger partial charge in [-0.15, -0.1) is 11.3 Å². The van der Waals surface area contributed by atoms with Crippen LogP contribution in [0.5, 0.6) is 0 Å². The Kier molecular flexibility index (Phi) is 13.6. The number of carbonyl (C=O) groups is 4. The Morgan fingerprint density at radius 2 is 1.76 bits per heavy atom. The van der Waals surface area contributed by atoms with E-state index in [2.05, 4.69) is 24.3 Å². The number of likely N-dealkylation sites (N-methyl/N-ethyl adjacent to an activating group) is 1. The van der Waals surface area contributed by atoms with Crippen LogP contribution in [0.1, 0.15) is 102 Å². The van der Waals surface area contributed by atoms with Crippen molar-refractivity contribution in [1.82, 2.24) is 19.0 Å². The van der Waals surface area contributed by atoms with Crippen LogP contribution < -0.4 is 5.32 Å². The van der Waals surface area contributed by atoms with Crippen LogP contribution in [0.2, 0.25) is 5.02 Å². The minimum Gasteiger partial charge on any atom is -0.481 e. The maximum absolute atomic E-state index is 14.3. The van der Waals surface area contributed by atoms with E-state index in [1.165, 1.54) is 70.3 Å². The fourth-order valence-corrected chi connectivity index (χ4v) is 10.4. The number of carbonyl (C=O) groups excluding carboxylic acids is 3. The highest BCUT2D eigenvalue weighted by Gasteiger charge is 2.36. The zero-order valence-electron chi connectivity index (χ0n) is 32.7. The van der Waals surface area contributed by atoms with E-state index in [4.69, 9.17) is 16.7 Å². The van der Waals surface area contributed by atoms with Gasteiger partial charge in [0.05, 0.1) is 44.9 Å². The SMILES string of the molecule is CCC(CC)N(CCN(C)C(=O)CCC(=O)O)S(=O)(=O)c1cccc(C(=O)Nc2sc3c(c2C(=O)c2cnn(-c4ccc(Cl)c(C(F)(F)F)c4)c2)CCC(C)(C)C3)c1. The number of carboxylic acid groups (broad SMARTS) is 1. The first-order valence-corrected chi connectivity index (χ1v) is 21.3. The second-order valence-electron chi connectivity index (χ2n) is 15.0. The van der Waals surface area contributed by atoms with Crippen molar-refractivity contribution >= 4 is 61.5 Å². The van der Waals surface area contributed by atoms with Gasteiger partial charge in [0.25, 0.3) is 5.91 Å². The zero-order chi connectivity index (χ0) is 42.7. The largest absolute Gasteiger partial charge is 0.481 e. The van der Waals surface area contributed by atoms with Gasteiger partial charge in [-0.05, 0) is 79.5 Å². The molecule has 0 saturated carbocycles. The molecule has 2 aromatic heterocycles. The third kappa shape index (κ3) is 9.98. The number of amides is 2. The molecule has 0 saturated heterocycles. The molecule has 0 aliphatic heterocycles. The number of hydrogen-bond acceptors (Lipinski definition) is 8. The number of benzene rings is 2. The van der Waals surface area contributed by atoms with Crippen LogP contribution in [0.15, 0.2) is 59.8 Å². The van der Waals surface area contributed by atoms with Gasteiger partial charge in [-0.25, -0.2) is 13.1 Å². The number of halogens is 4. The van der Waals surface area contributed by atoms with Crippen molar-refractivity contribution in [2.45, 2.75) is 89.8 Å². The van der Waals surface area contributed by atoms with Gasteiger partial charge in [-0.3, -0.25) is 19.2 Å². The van der Waals surface area contributed by atoms with E-state index < -0.39 is 56.4 Å². The van der Waals surface area contributed by atoms with Crippen LogP contribution in [-0.4, -0.2) is 82.3 Å². The van der Waals surface area contributed by atoms with Crippen molar-refractivity contribution in [3.05, 3.63) is 92.6 Å². The number of nitrogens with one attached hydrogen (secondary N) is 1. The molecule has 0 unspecified atom stereocenters. The van der Waals surface area contributed by atoms with E-state index >= 15 is 0 Å². The standard InChI is InChI=1S/C40H45ClF3N5O7S2/c1-6-26(7-2)49(18-17-47(5)33(50)13-14-34(51)52)58(55,56)28-10-8-9-24(19-28)37(54)46-38-35(29-15-16-39(3,4)21-32(29)57-38)36(53)25-22-45-48(23-25)27-11-12-31(41)30(20-27)40(42,43)44/h8-12,19-20,22-23,26H,6-7,13-18,21H2,1-5H3,(H,46,54)(H,51,52). The molecule has 58 heavy (non-hydrogen) atoms. The van der Waals surface area contributed by atoms with E-state index in [-0.39, 0.29) is 63.6 Å². The quantitative estimate of drug-likeness (QED) is 0.107. The van der Waals surface area contributed by atoms with E-state index in [9.17, 15) is 40.8 Å². The summed E-state index contributed by atoms with van der Waals surface area (Å²) >= 11 is 7.06. The highest BCUT2D eigenvalue weighted by molar-refractivity contribution is 7.89. The van der Waals surface area contributed by atoms with Gasteiger partial charge in [0, 0.05) is 49.2 Å². The zero-order valence-corrected chi connectivity index (χ0v) is 35.0. The summed E-state index contributed by atoms with van der Waals surface area (Å²) in [5.41, 5.74) is -0.0242. The van der Waals surface area contributed by atoms with Gasteiger partial charge < -0.3 is 15.3 Å². The molecule has 1 aliphatic carbocycles. The van der Waals surface area contributed by atoms with Crippen LogP contribution in [0.3, 0.4) is 0 Å². The molecule has 0 atom stereocenters. The minimum absolute atomic E-state index is 0.00710. The number of rotatable bonds is 16. The lowest BCUT2D eigenvalue weighted by Gasteiger charge is -2.31. The van der Waals surface area contributed by atoms with Gasteiger partial charge in [0.2, 0.25) is 15.9 Å². The number of aliphatic carboxylic acids is 1. The summed E-state index contributed by atoms with van der Waals surface area (Å²) in [6, 6.07) is 8.38. The Morgan fingerprint density at radius 1 is 1.05 bits per heavy atom. The average Bonchev–Trinajstić information content (AvgIpc) is 3.79. The van der Waals surface area contributed by atoms with Crippen molar-refractivity contribution in [1.29, 1.82) is 0 Å². The Morgan fingerprint density at radius 3 is 2.41 bits per heavy atom. The summed E-state index contributed by atoms with van der Waals surface area (Å²) in [6.07, 6.45) is 0.144. The molecular weight excluding hydrogens is 819 g/mol. The molecule has 2 amide bonds. The molecule has 0 fully saturated rings. The first kappa shape index (κ1) is 44.5. The fraction of sp³-hybridized carbons (Fsp3) is 0.425. The minimum atomic E-state index is -4.71. The first-order valence-electron chi connectivity index (χ1n) is 18.7. The summed E-state index contributed by atoms with van der Waals surface area (Å²) in [4.78, 5) is 53.7. The average molecular weight is 864 g/mol. The molecule has 1 aliphatic rings. The van der Waals surface area contributed by atoms with Crippen LogP contribution in [0.25, 0.3) is 5.69 Å². The van der Waals surface area contributed by atoms with Crippen molar-refractivity contribution in [2.75, 3.05) is 25.5 Å². The summed E-state index contributed by atoms with van der Waals surface area (Å²) in [5.74, 6) is -2.71. The third-order valence-corrected chi connectivity index (χ3v) is 13.7. The predicted octanol–water partition coefficient (Wildman–Crippen LogP) is 8.11. The Labute approximate surface area is 344 Å². The van der Waals surface area contributed by atoms with E-state index in [0.29, 0.717) is 25.7 Å². The van der Waals surface area contributed by atoms with Gasteiger partial charge in [-0.2, -0.15) is 22.6 Å². The molecular formula is C40H45ClF3N5O7S2. The van der Waals surface area contributed by atoms with Crippen molar-refractivity contribution < 1.29 is 45.9 Å². The van der Waals surface area contributed by atoms with Gasteiger partial charge in [-0.1, -0.05) is 45.4 Å². The third-order valence-electron chi connectivity index (χ3n) is 10.3. The lowest BCUT2D eigenvalue weighted by atomic mass is 9.76. The molecule has 312 valence electrons. The first-order chi connectivity index (χ1) is 27.2. The van der Waals surface area contributed by atoms with Crippen LogP contribution in [0.4, 0.5) is 18.2 Å². The van der Waals surface area contributed by atoms with Crippen LogP contribution >= 0.6 is 22.9 Å².